The van der Waals surface area contributed by atoms with E-state index >= 15 is 0 Å². The van der Waals surface area contributed by atoms with E-state index in [9.17, 15) is 15.2 Å². The second kappa shape index (κ2) is 7.78. The lowest BCUT2D eigenvalue weighted by Crippen LogP contribution is -2.36. The van der Waals surface area contributed by atoms with E-state index in [4.69, 9.17) is 4.42 Å². The number of likely N-dealkylation sites (tertiary alicyclic amines) is 1. The van der Waals surface area contributed by atoms with Gasteiger partial charge in [-0.05, 0) is 49.5 Å². The molecule has 1 fully saturated rings. The van der Waals surface area contributed by atoms with Crippen molar-refractivity contribution in [3.63, 3.8) is 0 Å². The molecule has 0 unspecified atom stereocenters. The number of hydrogen-bond acceptors (Lipinski definition) is 8. The van der Waals surface area contributed by atoms with Crippen molar-refractivity contribution in [3.8, 4) is 17.5 Å². The maximum Gasteiger partial charge on any atom is 0.269 e. The number of aromatic nitrogens is 3. The van der Waals surface area contributed by atoms with Crippen LogP contribution in [0.5, 0.6) is 5.88 Å². The van der Waals surface area contributed by atoms with Crippen molar-refractivity contribution in [3.05, 3.63) is 63.2 Å². The first kappa shape index (κ1) is 19.7. The molecule has 10 heteroatoms. The van der Waals surface area contributed by atoms with Crippen molar-refractivity contribution >= 4 is 22.0 Å². The van der Waals surface area contributed by atoms with Gasteiger partial charge in [0, 0.05) is 12.1 Å². The van der Waals surface area contributed by atoms with Crippen LogP contribution >= 0.6 is 11.3 Å². The van der Waals surface area contributed by atoms with Gasteiger partial charge in [0.15, 0.2) is 5.76 Å². The Morgan fingerprint density at radius 3 is 2.61 bits per heavy atom. The maximum absolute atomic E-state index is 11.1. The van der Waals surface area contributed by atoms with E-state index in [0.29, 0.717) is 22.5 Å². The SMILES string of the molecule is CC1CCN([C@H](c2ccc([N+](=O)[O-])cc2)c2sc3nc(-c4ccco4)nn3c2O)CC1. The lowest BCUT2D eigenvalue weighted by molar-refractivity contribution is -0.384. The molecule has 5 rings (SSSR count). The van der Waals surface area contributed by atoms with E-state index in [1.54, 1.807) is 30.5 Å². The summed E-state index contributed by atoms with van der Waals surface area (Å²) in [4.78, 5) is 18.8. The highest BCUT2D eigenvalue weighted by atomic mass is 32.1. The average Bonchev–Trinajstić information content (AvgIpc) is 3.49. The van der Waals surface area contributed by atoms with Crippen LogP contribution in [-0.4, -0.2) is 42.6 Å². The van der Waals surface area contributed by atoms with Crippen LogP contribution in [0.25, 0.3) is 16.5 Å². The Labute approximate surface area is 181 Å². The largest absolute Gasteiger partial charge is 0.492 e. The fourth-order valence-electron chi connectivity index (χ4n) is 4.03. The molecule has 1 saturated heterocycles. The van der Waals surface area contributed by atoms with Gasteiger partial charge in [-0.3, -0.25) is 15.0 Å². The molecule has 1 aliphatic rings. The van der Waals surface area contributed by atoms with Crippen molar-refractivity contribution in [2.45, 2.75) is 25.8 Å². The fourth-order valence-corrected chi connectivity index (χ4v) is 5.15. The highest BCUT2D eigenvalue weighted by Gasteiger charge is 2.32. The molecule has 9 nitrogen and oxygen atoms in total. The number of thiazole rings is 1. The van der Waals surface area contributed by atoms with Gasteiger partial charge in [0.05, 0.1) is 22.1 Å². The molecule has 3 aromatic heterocycles. The number of nitro benzene ring substituents is 1. The van der Waals surface area contributed by atoms with Gasteiger partial charge < -0.3 is 9.52 Å². The Morgan fingerprint density at radius 2 is 2.00 bits per heavy atom. The molecule has 1 N–H and O–H groups in total. The number of aromatic hydroxyl groups is 1. The number of hydrogen-bond donors (Lipinski definition) is 1. The van der Waals surface area contributed by atoms with Crippen molar-refractivity contribution in [1.29, 1.82) is 0 Å². The predicted molar refractivity (Wildman–Crippen MR) is 115 cm³/mol. The fraction of sp³-hybridized carbons (Fsp3) is 0.333. The number of rotatable bonds is 5. The summed E-state index contributed by atoms with van der Waals surface area (Å²) in [5, 5.41) is 26.6. The summed E-state index contributed by atoms with van der Waals surface area (Å²) in [5.41, 5.74) is 0.941. The van der Waals surface area contributed by atoms with E-state index in [-0.39, 0.29) is 17.6 Å². The van der Waals surface area contributed by atoms with Gasteiger partial charge in [-0.2, -0.15) is 9.50 Å². The summed E-state index contributed by atoms with van der Waals surface area (Å²) in [6, 6.07) is 9.86. The Hall–Kier alpha value is -3.24. The Kier molecular flexibility index (Phi) is 4.95. The molecule has 0 bridgehead atoms. The van der Waals surface area contributed by atoms with Gasteiger partial charge >= 0.3 is 0 Å². The minimum Gasteiger partial charge on any atom is -0.492 e. The van der Waals surface area contributed by atoms with Crippen LogP contribution in [0.1, 0.15) is 36.2 Å². The molecule has 1 atom stereocenters. The highest BCUT2D eigenvalue weighted by molar-refractivity contribution is 7.17. The van der Waals surface area contributed by atoms with Gasteiger partial charge in [0.2, 0.25) is 16.7 Å². The number of non-ortho nitro benzene ring substituents is 1. The molecule has 0 spiro atoms. The summed E-state index contributed by atoms with van der Waals surface area (Å²) in [7, 11) is 0. The minimum absolute atomic E-state index is 0.0345. The molecule has 31 heavy (non-hydrogen) atoms. The second-order valence-corrected chi connectivity index (χ2v) is 8.88. The maximum atomic E-state index is 11.1. The summed E-state index contributed by atoms with van der Waals surface area (Å²) in [5.74, 6) is 1.64. The molecule has 1 aliphatic heterocycles. The molecule has 0 aliphatic carbocycles. The predicted octanol–water partition coefficient (Wildman–Crippen LogP) is 4.49. The second-order valence-electron chi connectivity index (χ2n) is 7.87. The van der Waals surface area contributed by atoms with Gasteiger partial charge in [-0.1, -0.05) is 30.4 Å². The summed E-state index contributed by atoms with van der Waals surface area (Å²) < 4.78 is 6.80. The van der Waals surface area contributed by atoms with Crippen LogP contribution < -0.4 is 0 Å². The molecule has 4 aromatic rings. The Morgan fingerprint density at radius 1 is 1.26 bits per heavy atom. The number of nitrogens with zero attached hydrogens (tertiary/aromatic N) is 5. The topological polar surface area (TPSA) is 110 Å². The number of nitro groups is 1. The van der Waals surface area contributed by atoms with Crippen molar-refractivity contribution in [2.24, 2.45) is 5.92 Å². The smallest absolute Gasteiger partial charge is 0.269 e. The number of fused-ring (bicyclic) bond motifs is 1. The van der Waals surface area contributed by atoms with Crippen LogP contribution in [0.2, 0.25) is 0 Å². The monoisotopic (exact) mass is 439 g/mol. The van der Waals surface area contributed by atoms with Gasteiger partial charge in [-0.25, -0.2) is 0 Å². The van der Waals surface area contributed by atoms with Crippen molar-refractivity contribution < 1.29 is 14.4 Å². The first-order valence-corrected chi connectivity index (χ1v) is 10.9. The van der Waals surface area contributed by atoms with Gasteiger partial charge in [0.1, 0.15) is 0 Å². The van der Waals surface area contributed by atoms with E-state index in [0.717, 1.165) is 36.4 Å². The van der Waals surface area contributed by atoms with E-state index < -0.39 is 4.92 Å². The van der Waals surface area contributed by atoms with Crippen LogP contribution in [0.15, 0.2) is 47.1 Å². The molecule has 1 aromatic carbocycles. The molecule has 4 heterocycles. The first-order chi connectivity index (χ1) is 15.0. The molecule has 0 radical (unpaired) electrons. The first-order valence-electron chi connectivity index (χ1n) is 10.1. The summed E-state index contributed by atoms with van der Waals surface area (Å²) in [6.07, 6.45) is 3.68. The van der Waals surface area contributed by atoms with Crippen LogP contribution in [0.3, 0.4) is 0 Å². The lowest BCUT2D eigenvalue weighted by atomic mass is 9.95. The van der Waals surface area contributed by atoms with Crippen molar-refractivity contribution in [2.75, 3.05) is 13.1 Å². The third kappa shape index (κ3) is 3.57. The van der Waals surface area contributed by atoms with Gasteiger partial charge in [0.25, 0.3) is 5.69 Å². The summed E-state index contributed by atoms with van der Waals surface area (Å²) >= 11 is 1.37. The molecular formula is C21H21N5O4S. The number of piperidine rings is 1. The molecule has 0 amide bonds. The van der Waals surface area contributed by atoms with Gasteiger partial charge in [-0.15, -0.1) is 5.10 Å². The highest BCUT2D eigenvalue weighted by Crippen LogP contribution is 2.42. The van der Waals surface area contributed by atoms with Crippen molar-refractivity contribution in [1.82, 2.24) is 19.5 Å². The summed E-state index contributed by atoms with van der Waals surface area (Å²) in [6.45, 7) is 4.01. The van der Waals surface area contributed by atoms with Crippen LogP contribution in [-0.2, 0) is 0 Å². The van der Waals surface area contributed by atoms with E-state index in [2.05, 4.69) is 21.9 Å². The molecular weight excluding hydrogens is 418 g/mol. The van der Waals surface area contributed by atoms with E-state index in [1.807, 2.05) is 0 Å². The Balaban J connectivity index is 1.57. The average molecular weight is 439 g/mol. The zero-order valence-corrected chi connectivity index (χ0v) is 17.7. The normalized spacial score (nSPS) is 16.7. The minimum atomic E-state index is -0.405. The number of furan rings is 1. The zero-order valence-electron chi connectivity index (χ0n) is 16.8. The number of benzene rings is 1. The third-order valence-corrected chi connectivity index (χ3v) is 6.87. The quantitative estimate of drug-likeness (QED) is 0.360. The van der Waals surface area contributed by atoms with Crippen LogP contribution in [0, 0.1) is 16.0 Å². The Bertz CT molecular complexity index is 1210. The standard InChI is InChI=1S/C21H21N5O4S/c1-13-8-10-24(11-9-13)17(14-4-6-15(7-5-14)26(28)29)18-20(27)25-21(31-18)22-19(23-25)16-3-2-12-30-16/h2-7,12-13,17,27H,8-11H2,1H3/t17-/m1/s1. The lowest BCUT2D eigenvalue weighted by Gasteiger charge is -2.36. The van der Waals surface area contributed by atoms with Crippen LogP contribution in [0.4, 0.5) is 5.69 Å². The molecule has 160 valence electrons. The zero-order chi connectivity index (χ0) is 21.5. The molecule has 0 saturated carbocycles. The third-order valence-electron chi connectivity index (χ3n) is 5.79. The van der Waals surface area contributed by atoms with E-state index in [1.165, 1.54) is 28.0 Å².